The van der Waals surface area contributed by atoms with Gasteiger partial charge in [0.2, 0.25) is 5.91 Å². The van der Waals surface area contributed by atoms with E-state index >= 15 is 0 Å². The maximum absolute atomic E-state index is 12.6. The monoisotopic (exact) mass is 316 g/mol. The lowest BCUT2D eigenvalue weighted by molar-refractivity contribution is -0.134. The largest absolute Gasteiger partial charge is 0.375 e. The molecular weight excluding hydrogens is 288 g/mol. The summed E-state index contributed by atoms with van der Waals surface area (Å²) in [5.41, 5.74) is 2.70. The molecule has 126 valence electrons. The molecule has 4 heteroatoms. The predicted octanol–water partition coefficient (Wildman–Crippen LogP) is 2.46. The first-order chi connectivity index (χ1) is 11.0. The number of ether oxygens (including phenoxy) is 1. The van der Waals surface area contributed by atoms with Crippen molar-refractivity contribution < 1.29 is 9.53 Å². The molecule has 1 fully saturated rings. The van der Waals surface area contributed by atoms with E-state index in [0.29, 0.717) is 6.42 Å². The van der Waals surface area contributed by atoms with E-state index in [2.05, 4.69) is 49.9 Å². The molecule has 2 aliphatic heterocycles. The number of morpholine rings is 1. The average molecular weight is 316 g/mol. The molecule has 23 heavy (non-hydrogen) atoms. The lowest BCUT2D eigenvalue weighted by Gasteiger charge is -2.44. The summed E-state index contributed by atoms with van der Waals surface area (Å²) in [6.07, 6.45) is 1.82. The topological polar surface area (TPSA) is 32.8 Å². The van der Waals surface area contributed by atoms with Crippen molar-refractivity contribution in [2.45, 2.75) is 51.8 Å². The van der Waals surface area contributed by atoms with Gasteiger partial charge in [-0.1, -0.05) is 24.3 Å². The fourth-order valence-corrected chi connectivity index (χ4v) is 3.54. The van der Waals surface area contributed by atoms with Crippen LogP contribution in [0.4, 0.5) is 0 Å². The van der Waals surface area contributed by atoms with Crippen LogP contribution in [0.3, 0.4) is 0 Å². The Hall–Kier alpha value is -1.39. The lowest BCUT2D eigenvalue weighted by atomic mass is 9.99. The second-order valence-corrected chi connectivity index (χ2v) is 7.46. The Bertz CT molecular complexity index is 570. The van der Waals surface area contributed by atoms with Gasteiger partial charge in [0, 0.05) is 38.1 Å². The summed E-state index contributed by atoms with van der Waals surface area (Å²) in [4.78, 5) is 17.0. The number of fused-ring (bicyclic) bond motifs is 1. The Labute approximate surface area is 139 Å². The van der Waals surface area contributed by atoms with E-state index in [-0.39, 0.29) is 17.6 Å². The molecule has 0 aromatic heterocycles. The van der Waals surface area contributed by atoms with Crippen LogP contribution in [0.2, 0.25) is 0 Å². The molecule has 0 saturated carbocycles. The molecule has 0 radical (unpaired) electrons. The molecule has 4 nitrogen and oxygen atoms in total. The van der Waals surface area contributed by atoms with Crippen LogP contribution in [0, 0.1) is 0 Å². The fourth-order valence-electron chi connectivity index (χ4n) is 3.54. The van der Waals surface area contributed by atoms with Crippen LogP contribution in [-0.2, 0) is 22.5 Å². The summed E-state index contributed by atoms with van der Waals surface area (Å²) >= 11 is 0. The number of nitrogens with zero attached hydrogens (tertiary/aromatic N) is 2. The minimum absolute atomic E-state index is 0.0152. The Morgan fingerprint density at radius 2 is 2.04 bits per heavy atom. The number of carbonyl (C=O) groups excluding carboxylic acids is 1. The highest BCUT2D eigenvalue weighted by Gasteiger charge is 2.33. The molecular formula is C19H28N2O2. The molecule has 1 aromatic rings. The molecule has 1 aromatic carbocycles. The zero-order valence-electron chi connectivity index (χ0n) is 14.5. The first kappa shape index (κ1) is 16.5. The van der Waals surface area contributed by atoms with Crippen molar-refractivity contribution in [3.63, 3.8) is 0 Å². The van der Waals surface area contributed by atoms with Crippen LogP contribution in [0.5, 0.6) is 0 Å². The minimum Gasteiger partial charge on any atom is -0.375 e. The summed E-state index contributed by atoms with van der Waals surface area (Å²) in [7, 11) is 0. The van der Waals surface area contributed by atoms with Gasteiger partial charge in [-0.2, -0.15) is 0 Å². The second kappa shape index (κ2) is 6.62. The fraction of sp³-hybridized carbons (Fsp3) is 0.632. The average Bonchev–Trinajstić information content (AvgIpc) is 2.55. The van der Waals surface area contributed by atoms with E-state index in [0.717, 1.165) is 39.2 Å². The minimum atomic E-state index is 0.0152. The Morgan fingerprint density at radius 1 is 1.30 bits per heavy atom. The third-order valence-corrected chi connectivity index (χ3v) is 5.13. The third kappa shape index (κ3) is 3.75. The normalized spacial score (nSPS) is 24.3. The van der Waals surface area contributed by atoms with Gasteiger partial charge in [-0.25, -0.2) is 0 Å². The van der Waals surface area contributed by atoms with Gasteiger partial charge in [0.15, 0.2) is 0 Å². The first-order valence-electron chi connectivity index (χ1n) is 8.67. The van der Waals surface area contributed by atoms with E-state index in [1.807, 2.05) is 4.90 Å². The molecule has 0 aliphatic carbocycles. The molecule has 1 amide bonds. The summed E-state index contributed by atoms with van der Waals surface area (Å²) in [5.74, 6) is 0.273. The number of rotatable bonds is 3. The molecule has 1 saturated heterocycles. The van der Waals surface area contributed by atoms with Crippen LogP contribution in [0.1, 0.15) is 38.3 Å². The van der Waals surface area contributed by atoms with Crippen LogP contribution in [0.25, 0.3) is 0 Å². The van der Waals surface area contributed by atoms with Crippen molar-refractivity contribution in [3.05, 3.63) is 35.4 Å². The number of carbonyl (C=O) groups is 1. The molecule has 1 atom stereocenters. The summed E-state index contributed by atoms with van der Waals surface area (Å²) in [6, 6.07) is 8.46. The van der Waals surface area contributed by atoms with Gasteiger partial charge < -0.3 is 9.64 Å². The van der Waals surface area contributed by atoms with Crippen molar-refractivity contribution in [2.24, 2.45) is 0 Å². The number of amides is 1. The Morgan fingerprint density at radius 3 is 2.83 bits per heavy atom. The van der Waals surface area contributed by atoms with E-state index in [9.17, 15) is 4.79 Å². The van der Waals surface area contributed by atoms with Crippen LogP contribution < -0.4 is 0 Å². The smallest absolute Gasteiger partial charge is 0.224 e. The van der Waals surface area contributed by atoms with E-state index in [4.69, 9.17) is 4.74 Å². The number of hydrogen-bond donors (Lipinski definition) is 0. The molecule has 0 spiro atoms. The number of benzene rings is 1. The first-order valence-corrected chi connectivity index (χ1v) is 8.67. The maximum atomic E-state index is 12.6. The summed E-state index contributed by atoms with van der Waals surface area (Å²) in [5, 5.41) is 0. The highest BCUT2D eigenvalue weighted by atomic mass is 16.5. The molecule has 3 rings (SSSR count). The zero-order chi connectivity index (χ0) is 16.4. The van der Waals surface area contributed by atoms with Gasteiger partial charge in [0.1, 0.15) is 0 Å². The van der Waals surface area contributed by atoms with Gasteiger partial charge in [0.05, 0.1) is 12.7 Å². The van der Waals surface area contributed by atoms with Gasteiger partial charge in [0.25, 0.3) is 0 Å². The summed E-state index contributed by atoms with van der Waals surface area (Å²) in [6.45, 7) is 10.6. The van der Waals surface area contributed by atoms with Crippen molar-refractivity contribution in [3.8, 4) is 0 Å². The molecule has 0 N–H and O–H groups in total. The molecule has 0 unspecified atom stereocenters. The third-order valence-electron chi connectivity index (χ3n) is 5.13. The van der Waals surface area contributed by atoms with E-state index < -0.39 is 0 Å². The molecule has 2 aliphatic rings. The Kier molecular flexibility index (Phi) is 4.74. The molecule has 2 heterocycles. The zero-order valence-corrected chi connectivity index (χ0v) is 14.5. The maximum Gasteiger partial charge on any atom is 0.224 e. The highest BCUT2D eigenvalue weighted by Crippen LogP contribution is 2.23. The quantitative estimate of drug-likeness (QED) is 0.859. The standard InChI is InChI=1S/C19H28N2O2/c1-15-12-21(19(2,3)14-23-15)11-9-18(22)20-10-8-16-6-4-5-7-17(16)13-20/h4-7,15H,8-14H2,1-3H3/t15-/m0/s1. The van der Waals surface area contributed by atoms with Gasteiger partial charge in [-0.05, 0) is 38.3 Å². The van der Waals surface area contributed by atoms with Crippen molar-refractivity contribution in [1.29, 1.82) is 0 Å². The highest BCUT2D eigenvalue weighted by molar-refractivity contribution is 5.76. The SMILES string of the molecule is C[C@H]1CN(CCC(=O)N2CCc3ccccc3C2)C(C)(C)CO1. The summed E-state index contributed by atoms with van der Waals surface area (Å²) < 4.78 is 5.75. The van der Waals surface area contributed by atoms with Crippen molar-refractivity contribution in [1.82, 2.24) is 9.80 Å². The molecule has 0 bridgehead atoms. The van der Waals surface area contributed by atoms with Crippen molar-refractivity contribution in [2.75, 3.05) is 26.2 Å². The van der Waals surface area contributed by atoms with E-state index in [1.54, 1.807) is 0 Å². The number of hydrogen-bond acceptors (Lipinski definition) is 3. The van der Waals surface area contributed by atoms with Gasteiger partial charge in [-0.3, -0.25) is 9.69 Å². The Balaban J connectivity index is 1.56. The van der Waals surface area contributed by atoms with Crippen LogP contribution in [-0.4, -0.2) is 53.6 Å². The van der Waals surface area contributed by atoms with Crippen LogP contribution in [0.15, 0.2) is 24.3 Å². The predicted molar refractivity (Wildman–Crippen MR) is 91.2 cm³/mol. The van der Waals surface area contributed by atoms with E-state index in [1.165, 1.54) is 11.1 Å². The van der Waals surface area contributed by atoms with Gasteiger partial charge in [-0.15, -0.1) is 0 Å². The van der Waals surface area contributed by atoms with Crippen molar-refractivity contribution >= 4 is 5.91 Å². The van der Waals surface area contributed by atoms with Crippen LogP contribution >= 0.6 is 0 Å². The lowest BCUT2D eigenvalue weighted by Crippen LogP contribution is -2.56. The second-order valence-electron chi connectivity index (χ2n) is 7.46. The van der Waals surface area contributed by atoms with Gasteiger partial charge >= 0.3 is 0 Å².